The van der Waals surface area contributed by atoms with Gasteiger partial charge in [-0.2, -0.15) is 0 Å². The molecule has 2 unspecified atom stereocenters. The van der Waals surface area contributed by atoms with Crippen molar-refractivity contribution in [1.82, 2.24) is 20.6 Å². The maximum atomic E-state index is 10.8. The van der Waals surface area contributed by atoms with Crippen molar-refractivity contribution in [2.24, 2.45) is 5.92 Å². The number of rotatable bonds is 9. The van der Waals surface area contributed by atoms with Crippen molar-refractivity contribution in [3.8, 4) is 0 Å². The molecule has 2 saturated carbocycles. The molecule has 0 saturated heterocycles. The molecule has 180 valence electrons. The van der Waals surface area contributed by atoms with Gasteiger partial charge in [0.05, 0.1) is 0 Å². The lowest BCUT2D eigenvalue weighted by Gasteiger charge is -2.30. The van der Waals surface area contributed by atoms with E-state index in [1.165, 1.54) is 24.8 Å². The number of aromatic carboxylic acids is 1. The second-order valence-electron chi connectivity index (χ2n) is 8.75. The molecule has 1 aromatic heterocycles. The molecule has 6 nitrogen and oxygen atoms in total. The summed E-state index contributed by atoms with van der Waals surface area (Å²) < 4.78 is 0. The lowest BCUT2D eigenvalue weighted by Crippen LogP contribution is -2.40. The van der Waals surface area contributed by atoms with E-state index in [1.807, 2.05) is 0 Å². The van der Waals surface area contributed by atoms with E-state index in [2.05, 4.69) is 63.9 Å². The number of benzene rings is 1. The van der Waals surface area contributed by atoms with Crippen LogP contribution in [0.5, 0.6) is 0 Å². The SMILES string of the molecule is CC/C(=C\c1ccccc1)C1CC1N[C@H]1CC[C@H](NCc2cnc(C(=O)O)nc2)CC1.Cl.Cl. The molecule has 1 aromatic carbocycles. The Bertz CT molecular complexity index is 900. The van der Waals surface area contributed by atoms with Crippen molar-refractivity contribution in [1.29, 1.82) is 0 Å². The minimum Gasteiger partial charge on any atom is -0.475 e. The number of hydrogen-bond donors (Lipinski definition) is 3. The highest BCUT2D eigenvalue weighted by atomic mass is 35.5. The number of nitrogens with one attached hydrogen (secondary N) is 2. The summed E-state index contributed by atoms with van der Waals surface area (Å²) >= 11 is 0. The summed E-state index contributed by atoms with van der Waals surface area (Å²) in [6.07, 6.45) is 12.6. The van der Waals surface area contributed by atoms with Gasteiger partial charge in [-0.05, 0) is 50.0 Å². The summed E-state index contributed by atoms with van der Waals surface area (Å²) in [6, 6.07) is 12.4. The fourth-order valence-electron chi connectivity index (χ4n) is 4.61. The third kappa shape index (κ3) is 7.78. The number of halogens is 2. The van der Waals surface area contributed by atoms with Crippen molar-refractivity contribution in [2.45, 2.75) is 70.1 Å². The quantitative estimate of drug-likeness (QED) is 0.461. The largest absolute Gasteiger partial charge is 0.475 e. The molecular formula is C25H34Cl2N4O2. The number of carbonyl (C=O) groups is 1. The number of carboxylic acid groups (broad SMARTS) is 1. The average molecular weight is 493 g/mol. The van der Waals surface area contributed by atoms with Crippen molar-refractivity contribution < 1.29 is 9.90 Å². The Morgan fingerprint density at radius 3 is 2.30 bits per heavy atom. The lowest BCUT2D eigenvalue weighted by molar-refractivity contribution is 0.0683. The number of hydrogen-bond acceptors (Lipinski definition) is 5. The van der Waals surface area contributed by atoms with Crippen LogP contribution < -0.4 is 10.6 Å². The second-order valence-corrected chi connectivity index (χ2v) is 8.75. The molecule has 0 radical (unpaired) electrons. The van der Waals surface area contributed by atoms with Gasteiger partial charge in [0, 0.05) is 42.6 Å². The van der Waals surface area contributed by atoms with Crippen molar-refractivity contribution in [3.63, 3.8) is 0 Å². The molecule has 2 aliphatic carbocycles. The predicted molar refractivity (Wildman–Crippen MR) is 136 cm³/mol. The van der Waals surface area contributed by atoms with Gasteiger partial charge < -0.3 is 15.7 Å². The Morgan fingerprint density at radius 2 is 1.70 bits per heavy atom. The summed E-state index contributed by atoms with van der Waals surface area (Å²) in [5.41, 5.74) is 3.79. The predicted octanol–water partition coefficient (Wildman–Crippen LogP) is 4.89. The van der Waals surface area contributed by atoms with Crippen LogP contribution in [0.1, 0.15) is 67.2 Å². The lowest BCUT2D eigenvalue weighted by atomic mass is 9.91. The van der Waals surface area contributed by atoms with E-state index in [4.69, 9.17) is 5.11 Å². The highest BCUT2D eigenvalue weighted by molar-refractivity contribution is 5.85. The summed E-state index contributed by atoms with van der Waals surface area (Å²) in [5, 5.41) is 16.4. The second kappa shape index (κ2) is 13.0. The first kappa shape index (κ1) is 27.3. The van der Waals surface area contributed by atoms with Crippen LogP contribution in [0.3, 0.4) is 0 Å². The normalized spacial score (nSPS) is 24.3. The highest BCUT2D eigenvalue weighted by Gasteiger charge is 2.40. The van der Waals surface area contributed by atoms with Gasteiger partial charge in [-0.25, -0.2) is 14.8 Å². The van der Waals surface area contributed by atoms with Crippen LogP contribution >= 0.6 is 24.8 Å². The van der Waals surface area contributed by atoms with Gasteiger partial charge in [0.15, 0.2) is 0 Å². The maximum absolute atomic E-state index is 10.8. The zero-order valence-corrected chi connectivity index (χ0v) is 20.6. The number of carboxylic acids is 1. The van der Waals surface area contributed by atoms with Gasteiger partial charge in [-0.3, -0.25) is 0 Å². The smallest absolute Gasteiger partial charge is 0.373 e. The molecule has 4 rings (SSSR count). The van der Waals surface area contributed by atoms with E-state index in [-0.39, 0.29) is 30.6 Å². The molecule has 0 aliphatic heterocycles. The van der Waals surface area contributed by atoms with E-state index in [9.17, 15) is 4.79 Å². The van der Waals surface area contributed by atoms with Crippen molar-refractivity contribution in [3.05, 3.63) is 65.2 Å². The monoisotopic (exact) mass is 492 g/mol. The molecule has 2 atom stereocenters. The van der Waals surface area contributed by atoms with Crippen molar-refractivity contribution >= 4 is 36.9 Å². The fourth-order valence-corrected chi connectivity index (χ4v) is 4.61. The van der Waals surface area contributed by atoms with E-state index in [0.29, 0.717) is 30.6 Å². The highest BCUT2D eigenvalue weighted by Crippen LogP contribution is 2.40. The van der Waals surface area contributed by atoms with E-state index in [1.54, 1.807) is 18.0 Å². The number of aromatic nitrogens is 2. The first-order valence-electron chi connectivity index (χ1n) is 11.4. The number of nitrogens with zero attached hydrogens (tertiary/aromatic N) is 2. The van der Waals surface area contributed by atoms with Crippen LogP contribution in [0, 0.1) is 5.92 Å². The zero-order chi connectivity index (χ0) is 21.6. The van der Waals surface area contributed by atoms with Gasteiger partial charge >= 0.3 is 5.97 Å². The van der Waals surface area contributed by atoms with Gasteiger partial charge in [0.2, 0.25) is 5.82 Å². The van der Waals surface area contributed by atoms with Crippen LogP contribution in [0.4, 0.5) is 0 Å². The van der Waals surface area contributed by atoms with Gasteiger partial charge in [-0.1, -0.05) is 48.9 Å². The first-order chi connectivity index (χ1) is 15.1. The molecule has 8 heteroatoms. The van der Waals surface area contributed by atoms with Crippen LogP contribution in [-0.2, 0) is 6.54 Å². The minimum absolute atomic E-state index is 0. The summed E-state index contributed by atoms with van der Waals surface area (Å²) in [5.74, 6) is -0.557. The Kier molecular flexibility index (Phi) is 10.8. The van der Waals surface area contributed by atoms with Crippen LogP contribution in [0.15, 0.2) is 48.3 Å². The first-order valence-corrected chi connectivity index (χ1v) is 11.4. The van der Waals surface area contributed by atoms with Crippen molar-refractivity contribution in [2.75, 3.05) is 0 Å². The molecular weight excluding hydrogens is 459 g/mol. The summed E-state index contributed by atoms with van der Waals surface area (Å²) in [6.45, 7) is 2.94. The minimum atomic E-state index is -1.09. The third-order valence-electron chi connectivity index (χ3n) is 6.50. The van der Waals surface area contributed by atoms with E-state index < -0.39 is 5.97 Å². The van der Waals surface area contributed by atoms with E-state index in [0.717, 1.165) is 24.8 Å². The van der Waals surface area contributed by atoms with Crippen LogP contribution in [0.2, 0.25) is 0 Å². The Morgan fingerprint density at radius 1 is 1.06 bits per heavy atom. The molecule has 0 bridgehead atoms. The molecule has 2 fully saturated rings. The topological polar surface area (TPSA) is 87.1 Å². The average Bonchev–Trinajstić information content (AvgIpc) is 3.56. The molecule has 3 N–H and O–H groups in total. The maximum Gasteiger partial charge on any atom is 0.373 e. The summed E-state index contributed by atoms with van der Waals surface area (Å²) in [4.78, 5) is 18.6. The molecule has 33 heavy (non-hydrogen) atoms. The molecule has 1 heterocycles. The molecule has 2 aliphatic rings. The Balaban J connectivity index is 0.00000193. The Labute approximate surface area is 208 Å². The van der Waals surface area contributed by atoms with Gasteiger partial charge in [0.1, 0.15) is 0 Å². The van der Waals surface area contributed by atoms with E-state index >= 15 is 0 Å². The standard InChI is InChI=1S/C25H32N4O2.2ClH/c1-2-19(12-17-6-4-3-5-7-17)22-13-23(22)29-21-10-8-20(9-11-21)26-14-18-15-27-24(25(30)31)28-16-18;;/h3-7,12,15-16,20-23,26,29H,2,8-11,13-14H2,1H3,(H,30,31);2*1H/b19-12+;;/t20-,21-,22?,23?;;. The summed E-state index contributed by atoms with van der Waals surface area (Å²) in [7, 11) is 0. The Hall–Kier alpha value is -1.99. The van der Waals surface area contributed by atoms with Crippen LogP contribution in [-0.4, -0.2) is 39.2 Å². The van der Waals surface area contributed by atoms with Gasteiger partial charge in [0.25, 0.3) is 0 Å². The zero-order valence-electron chi connectivity index (χ0n) is 18.9. The van der Waals surface area contributed by atoms with Gasteiger partial charge in [-0.15, -0.1) is 24.8 Å². The molecule has 0 spiro atoms. The fraction of sp³-hybridized carbons (Fsp3) is 0.480. The molecule has 0 amide bonds. The molecule has 2 aromatic rings. The third-order valence-corrected chi connectivity index (χ3v) is 6.50. The van der Waals surface area contributed by atoms with Crippen LogP contribution in [0.25, 0.3) is 6.08 Å².